The quantitative estimate of drug-likeness (QED) is 0.544. The maximum Gasteiger partial charge on any atom is 0.320 e. The second-order valence-electron chi connectivity index (χ2n) is 5.66. The number of fused-ring (bicyclic) bond motifs is 1. The lowest BCUT2D eigenvalue weighted by Crippen LogP contribution is -2.30. The number of aliphatic hydroxyl groups excluding tert-OH is 1. The maximum absolute atomic E-state index is 11.8. The van der Waals surface area contributed by atoms with Gasteiger partial charge in [-0.2, -0.15) is 5.10 Å². The Labute approximate surface area is 139 Å². The van der Waals surface area contributed by atoms with Crippen molar-refractivity contribution in [1.82, 2.24) is 15.5 Å². The van der Waals surface area contributed by atoms with Crippen LogP contribution >= 0.6 is 0 Å². The second-order valence-corrected chi connectivity index (χ2v) is 5.66. The van der Waals surface area contributed by atoms with Crippen molar-refractivity contribution in [3.63, 3.8) is 0 Å². The average molecular weight is 324 g/mol. The smallest absolute Gasteiger partial charge is 0.320 e. The van der Waals surface area contributed by atoms with E-state index in [2.05, 4.69) is 46.0 Å². The van der Waals surface area contributed by atoms with Crippen LogP contribution in [0.3, 0.4) is 0 Å². The molecule has 6 nitrogen and oxygen atoms in total. The van der Waals surface area contributed by atoms with Crippen LogP contribution in [0.5, 0.6) is 0 Å². The van der Waals surface area contributed by atoms with Crippen molar-refractivity contribution in [1.29, 1.82) is 0 Å². The Hall–Kier alpha value is -2.86. The number of rotatable bonds is 5. The van der Waals surface area contributed by atoms with Crippen molar-refractivity contribution in [3.8, 4) is 11.1 Å². The molecule has 2 amide bonds. The molecular formula is C18H20N4O2. The molecule has 0 radical (unpaired) electrons. The number of hydrogen-bond donors (Lipinski definition) is 4. The number of anilines is 1. The molecule has 0 aliphatic carbocycles. The summed E-state index contributed by atoms with van der Waals surface area (Å²) in [7, 11) is 0. The third-order valence-corrected chi connectivity index (χ3v) is 3.77. The fourth-order valence-electron chi connectivity index (χ4n) is 2.55. The standard InChI is InChI=1S/C18H20N4O2/c1-12-4-2-5-13(10-12)14-6-7-15-16(11-14)21-22-17(15)20-18(24)19-8-3-9-23/h2,4-7,10-11,23H,3,8-9H2,1H3,(H3,19,20,21,22,24). The topological polar surface area (TPSA) is 90.0 Å². The summed E-state index contributed by atoms with van der Waals surface area (Å²) in [5.41, 5.74) is 4.30. The molecule has 124 valence electrons. The van der Waals surface area contributed by atoms with E-state index in [0.717, 1.165) is 22.0 Å². The number of amides is 2. The van der Waals surface area contributed by atoms with Crippen molar-refractivity contribution in [2.75, 3.05) is 18.5 Å². The predicted molar refractivity (Wildman–Crippen MR) is 95.0 cm³/mol. The molecule has 0 bridgehead atoms. The molecule has 3 aromatic rings. The van der Waals surface area contributed by atoms with Crippen molar-refractivity contribution in [2.24, 2.45) is 0 Å². The van der Waals surface area contributed by atoms with Gasteiger partial charge in [0.15, 0.2) is 5.82 Å². The molecule has 2 aromatic carbocycles. The summed E-state index contributed by atoms with van der Waals surface area (Å²) >= 11 is 0. The molecule has 0 unspecified atom stereocenters. The molecule has 0 saturated carbocycles. The molecule has 0 aliphatic heterocycles. The van der Waals surface area contributed by atoms with E-state index < -0.39 is 0 Å². The molecule has 0 spiro atoms. The van der Waals surface area contributed by atoms with E-state index >= 15 is 0 Å². The number of nitrogens with one attached hydrogen (secondary N) is 3. The highest BCUT2D eigenvalue weighted by Gasteiger charge is 2.10. The first kappa shape index (κ1) is 16.0. The van der Waals surface area contributed by atoms with E-state index in [-0.39, 0.29) is 12.6 Å². The lowest BCUT2D eigenvalue weighted by molar-refractivity contribution is 0.249. The zero-order valence-corrected chi connectivity index (χ0v) is 13.5. The maximum atomic E-state index is 11.8. The van der Waals surface area contributed by atoms with Crippen LogP contribution in [0.25, 0.3) is 22.0 Å². The van der Waals surface area contributed by atoms with Crippen molar-refractivity contribution in [3.05, 3.63) is 48.0 Å². The lowest BCUT2D eigenvalue weighted by Gasteiger charge is -2.05. The van der Waals surface area contributed by atoms with Gasteiger partial charge in [0.05, 0.1) is 5.52 Å². The monoisotopic (exact) mass is 324 g/mol. The first-order valence-electron chi connectivity index (χ1n) is 7.88. The second kappa shape index (κ2) is 7.14. The van der Waals surface area contributed by atoms with E-state index in [1.165, 1.54) is 5.56 Å². The number of aromatic amines is 1. The molecule has 0 aliphatic rings. The van der Waals surface area contributed by atoms with E-state index in [1.54, 1.807) is 0 Å². The summed E-state index contributed by atoms with van der Waals surface area (Å²) in [5.74, 6) is 0.488. The molecule has 1 aromatic heterocycles. The van der Waals surface area contributed by atoms with Crippen LogP contribution in [0.4, 0.5) is 10.6 Å². The number of carbonyl (C=O) groups excluding carboxylic acids is 1. The molecule has 0 saturated heterocycles. The van der Waals surface area contributed by atoms with Crippen LogP contribution in [0.15, 0.2) is 42.5 Å². The highest BCUT2D eigenvalue weighted by Crippen LogP contribution is 2.27. The molecule has 1 heterocycles. The van der Waals surface area contributed by atoms with E-state index in [4.69, 9.17) is 5.11 Å². The van der Waals surface area contributed by atoms with Gasteiger partial charge in [0.1, 0.15) is 0 Å². The van der Waals surface area contributed by atoms with Gasteiger partial charge in [0, 0.05) is 18.5 Å². The Bertz CT molecular complexity index is 857. The van der Waals surface area contributed by atoms with E-state index in [1.807, 2.05) is 24.3 Å². The average Bonchev–Trinajstić information content (AvgIpc) is 2.97. The Morgan fingerprint density at radius 3 is 2.83 bits per heavy atom. The van der Waals surface area contributed by atoms with Crippen molar-refractivity contribution in [2.45, 2.75) is 13.3 Å². The molecule has 4 N–H and O–H groups in total. The number of carbonyl (C=O) groups is 1. The normalized spacial score (nSPS) is 10.8. The van der Waals surface area contributed by atoms with Gasteiger partial charge < -0.3 is 10.4 Å². The number of hydrogen-bond acceptors (Lipinski definition) is 3. The number of urea groups is 1. The molecule has 0 atom stereocenters. The predicted octanol–water partition coefficient (Wildman–Crippen LogP) is 3.04. The SMILES string of the molecule is Cc1cccc(-c2ccc3c(NC(=O)NCCCO)n[nH]c3c2)c1. The van der Waals surface area contributed by atoms with Crippen molar-refractivity contribution >= 4 is 22.8 Å². The Kier molecular flexibility index (Phi) is 4.77. The van der Waals surface area contributed by atoms with Crippen LogP contribution in [0, 0.1) is 6.92 Å². The minimum absolute atomic E-state index is 0.0490. The fourth-order valence-corrected chi connectivity index (χ4v) is 2.55. The van der Waals surface area contributed by atoms with Crippen LogP contribution in [-0.4, -0.2) is 34.5 Å². The van der Waals surface area contributed by atoms with Gasteiger partial charge in [-0.1, -0.05) is 35.9 Å². The Morgan fingerprint density at radius 2 is 2.04 bits per heavy atom. The summed E-state index contributed by atoms with van der Waals surface area (Å²) in [4.78, 5) is 11.8. The van der Waals surface area contributed by atoms with Crippen LogP contribution in [0.2, 0.25) is 0 Å². The first-order valence-corrected chi connectivity index (χ1v) is 7.88. The van der Waals surface area contributed by atoms with Crippen LogP contribution in [-0.2, 0) is 0 Å². The van der Waals surface area contributed by atoms with Crippen LogP contribution < -0.4 is 10.6 Å². The third kappa shape index (κ3) is 3.55. The van der Waals surface area contributed by atoms with Gasteiger partial charge in [-0.3, -0.25) is 10.4 Å². The molecule has 6 heteroatoms. The zero-order valence-electron chi connectivity index (χ0n) is 13.5. The summed E-state index contributed by atoms with van der Waals surface area (Å²) in [6, 6.07) is 13.9. The number of H-pyrrole nitrogens is 1. The van der Waals surface area contributed by atoms with E-state index in [0.29, 0.717) is 18.8 Å². The highest BCUT2D eigenvalue weighted by atomic mass is 16.3. The zero-order chi connectivity index (χ0) is 16.9. The Balaban J connectivity index is 1.80. The Morgan fingerprint density at radius 1 is 1.21 bits per heavy atom. The minimum atomic E-state index is -0.334. The number of aliphatic hydroxyl groups is 1. The van der Waals surface area contributed by atoms with E-state index in [9.17, 15) is 4.79 Å². The largest absolute Gasteiger partial charge is 0.396 e. The van der Waals surface area contributed by atoms with Crippen molar-refractivity contribution < 1.29 is 9.90 Å². The number of benzene rings is 2. The first-order chi connectivity index (χ1) is 11.7. The van der Waals surface area contributed by atoms with Crippen LogP contribution in [0.1, 0.15) is 12.0 Å². The summed E-state index contributed by atoms with van der Waals surface area (Å²) in [6.07, 6.45) is 0.522. The van der Waals surface area contributed by atoms with Gasteiger partial charge >= 0.3 is 6.03 Å². The lowest BCUT2D eigenvalue weighted by atomic mass is 10.0. The summed E-state index contributed by atoms with van der Waals surface area (Å²) < 4.78 is 0. The number of aromatic nitrogens is 2. The van der Waals surface area contributed by atoms with Gasteiger partial charge in [0.2, 0.25) is 0 Å². The van der Waals surface area contributed by atoms with Gasteiger partial charge in [-0.25, -0.2) is 4.79 Å². The number of aryl methyl sites for hydroxylation is 1. The van der Waals surface area contributed by atoms with Gasteiger partial charge in [-0.15, -0.1) is 0 Å². The third-order valence-electron chi connectivity index (χ3n) is 3.77. The molecule has 3 rings (SSSR count). The minimum Gasteiger partial charge on any atom is -0.396 e. The molecular weight excluding hydrogens is 304 g/mol. The molecule has 0 fully saturated rings. The summed E-state index contributed by atoms with van der Waals surface area (Å²) in [6.45, 7) is 2.53. The summed E-state index contributed by atoms with van der Waals surface area (Å²) in [5, 5.41) is 22.1. The highest BCUT2D eigenvalue weighted by molar-refractivity contribution is 6.00. The van der Waals surface area contributed by atoms with Gasteiger partial charge in [-0.05, 0) is 36.6 Å². The fraction of sp³-hybridized carbons (Fsp3) is 0.222. The van der Waals surface area contributed by atoms with Gasteiger partial charge in [0.25, 0.3) is 0 Å². The number of nitrogens with zero attached hydrogens (tertiary/aromatic N) is 1. The molecule has 24 heavy (non-hydrogen) atoms.